The van der Waals surface area contributed by atoms with E-state index in [2.05, 4.69) is 10.3 Å². The number of hydrogen-bond acceptors (Lipinski definition) is 8. The van der Waals surface area contributed by atoms with E-state index in [-0.39, 0.29) is 44.5 Å². The molecule has 2 bridgehead atoms. The van der Waals surface area contributed by atoms with E-state index < -0.39 is 27.6 Å². The Morgan fingerprint density at radius 1 is 0.976 bits per heavy atom. The second kappa shape index (κ2) is 13.0. The molecule has 0 aromatic heterocycles. The van der Waals surface area contributed by atoms with Gasteiger partial charge in [-0.15, -0.1) is 0 Å². The van der Waals surface area contributed by atoms with Crippen molar-refractivity contribution < 1.29 is 32.3 Å². The Bertz CT molecular complexity index is 1620. The fourth-order valence-corrected chi connectivity index (χ4v) is 7.69. The van der Waals surface area contributed by atoms with E-state index in [4.69, 9.17) is 14.2 Å². The molecule has 0 aliphatic carbocycles. The van der Waals surface area contributed by atoms with E-state index in [9.17, 15) is 23.4 Å². The number of carbonyl (C=O) groups is 1. The quantitative estimate of drug-likeness (QED) is 0.140. The third-order valence-electron chi connectivity index (χ3n) is 7.27. The Morgan fingerprint density at radius 3 is 2.40 bits per heavy atom. The van der Waals surface area contributed by atoms with E-state index in [0.29, 0.717) is 17.7 Å². The molecule has 0 radical (unpaired) electrons. The molecule has 3 aromatic carbocycles. The van der Waals surface area contributed by atoms with Gasteiger partial charge < -0.3 is 19.1 Å². The molecule has 0 spiro atoms. The SMILES string of the molecule is N#C[Se]CCCCCC(=O)Nc1ccc(C2=C(c3ccc(O)cc3)C3CC(S(=O)(=O)Oc4cccc(O)c4)C2O3)cc1. The number of ether oxygens (including phenoxy) is 1. The van der Waals surface area contributed by atoms with Crippen LogP contribution in [0.15, 0.2) is 72.8 Å². The molecule has 218 valence electrons. The van der Waals surface area contributed by atoms with Gasteiger partial charge >= 0.3 is 123 Å². The van der Waals surface area contributed by atoms with E-state index in [1.165, 1.54) is 24.3 Å². The molecule has 2 aliphatic heterocycles. The van der Waals surface area contributed by atoms with Crippen molar-refractivity contribution >= 4 is 47.8 Å². The van der Waals surface area contributed by atoms with Crippen LogP contribution >= 0.6 is 0 Å². The van der Waals surface area contributed by atoms with Gasteiger partial charge in [0.2, 0.25) is 0 Å². The fourth-order valence-electron chi connectivity index (χ4n) is 5.36. The molecule has 1 saturated heterocycles. The Balaban J connectivity index is 1.36. The average Bonchev–Trinajstić information content (AvgIpc) is 3.56. The van der Waals surface area contributed by atoms with E-state index >= 15 is 0 Å². The van der Waals surface area contributed by atoms with E-state index in [1.54, 1.807) is 36.4 Å². The normalized spacial score (nSPS) is 19.5. The minimum atomic E-state index is -4.14. The van der Waals surface area contributed by atoms with Crippen molar-refractivity contribution in [2.24, 2.45) is 0 Å². The molecule has 1 fully saturated rings. The number of carbonyl (C=O) groups excluding carboxylic acids is 1. The molecular formula is C31H30N2O7SSe. The number of unbranched alkanes of at least 4 members (excludes halogenated alkanes) is 2. The van der Waals surface area contributed by atoms with E-state index in [1.807, 2.05) is 12.1 Å². The number of aromatic hydroxyl groups is 2. The summed E-state index contributed by atoms with van der Waals surface area (Å²) in [6, 6.07) is 19.6. The number of benzene rings is 3. The monoisotopic (exact) mass is 654 g/mol. The predicted octanol–water partition coefficient (Wildman–Crippen LogP) is 5.06. The summed E-state index contributed by atoms with van der Waals surface area (Å²) in [5.41, 5.74) is 3.75. The van der Waals surface area contributed by atoms with E-state index in [0.717, 1.165) is 41.3 Å². The number of rotatable bonds is 12. The van der Waals surface area contributed by atoms with Gasteiger partial charge in [-0.3, -0.25) is 0 Å². The van der Waals surface area contributed by atoms with Gasteiger partial charge in [0, 0.05) is 12.5 Å². The molecule has 42 heavy (non-hydrogen) atoms. The van der Waals surface area contributed by atoms with Crippen molar-refractivity contribution in [2.45, 2.75) is 54.9 Å². The second-order valence-electron chi connectivity index (χ2n) is 10.1. The number of fused-ring (bicyclic) bond motifs is 2. The molecule has 9 nitrogen and oxygen atoms in total. The third-order valence-corrected chi connectivity index (χ3v) is 10.2. The van der Waals surface area contributed by atoms with Crippen molar-refractivity contribution in [3.8, 4) is 22.2 Å². The Morgan fingerprint density at radius 2 is 1.69 bits per heavy atom. The Kier molecular flexibility index (Phi) is 9.19. The summed E-state index contributed by atoms with van der Waals surface area (Å²) in [7, 11) is -4.14. The topological polar surface area (TPSA) is 146 Å². The first-order chi connectivity index (χ1) is 20.2. The number of anilines is 1. The molecular weight excluding hydrogens is 623 g/mol. The van der Waals surface area contributed by atoms with Crippen molar-refractivity contribution in [3.63, 3.8) is 0 Å². The van der Waals surface area contributed by atoms with Crippen LogP contribution in [-0.4, -0.2) is 57.0 Å². The number of phenolic OH excluding ortho intramolecular Hbond substituents is 2. The van der Waals surface area contributed by atoms with Gasteiger partial charge in [-0.05, 0) is 35.4 Å². The van der Waals surface area contributed by atoms with Gasteiger partial charge in [-0.2, -0.15) is 8.42 Å². The Labute approximate surface area is 251 Å². The summed E-state index contributed by atoms with van der Waals surface area (Å²) in [5, 5.41) is 31.1. The van der Waals surface area contributed by atoms with Gasteiger partial charge in [0.1, 0.15) is 28.6 Å². The summed E-state index contributed by atoms with van der Waals surface area (Å²) in [4.78, 5) is 14.6. The molecule has 11 heteroatoms. The molecule has 1 amide bonds. The summed E-state index contributed by atoms with van der Waals surface area (Å²) in [6.07, 6.45) is 1.90. The number of nitrogens with zero attached hydrogens (tertiary/aromatic N) is 1. The van der Waals surface area contributed by atoms with Crippen LogP contribution in [0, 0.1) is 10.2 Å². The number of nitrogens with one attached hydrogen (secondary N) is 1. The van der Waals surface area contributed by atoms with Crippen LogP contribution in [0.1, 0.15) is 43.2 Å². The molecule has 3 atom stereocenters. The number of hydrogen-bond donors (Lipinski definition) is 3. The molecule has 5 rings (SSSR count). The van der Waals surface area contributed by atoms with Crippen molar-refractivity contribution in [1.29, 1.82) is 5.26 Å². The predicted molar refractivity (Wildman–Crippen MR) is 159 cm³/mol. The first-order valence-corrected chi connectivity index (χ1v) is 17.1. The van der Waals surface area contributed by atoms with Crippen LogP contribution in [0.25, 0.3) is 11.1 Å². The van der Waals surface area contributed by atoms with Crippen molar-refractivity contribution in [1.82, 2.24) is 0 Å². The molecule has 0 saturated carbocycles. The molecule has 3 aromatic rings. The van der Waals surface area contributed by atoms with Crippen LogP contribution in [0.3, 0.4) is 0 Å². The molecule has 3 N–H and O–H groups in total. The van der Waals surface area contributed by atoms with Crippen molar-refractivity contribution in [2.75, 3.05) is 5.32 Å². The number of amides is 1. The average molecular weight is 654 g/mol. The molecule has 3 unspecified atom stereocenters. The fraction of sp³-hybridized carbons (Fsp3) is 0.290. The van der Waals surface area contributed by atoms with Crippen LogP contribution in [-0.2, 0) is 19.6 Å². The zero-order valence-corrected chi connectivity index (χ0v) is 25.1. The summed E-state index contributed by atoms with van der Waals surface area (Å²) in [5.74, 6) is -0.0557. The first kappa shape index (κ1) is 29.7. The Hall–Kier alpha value is -3.81. The third kappa shape index (κ3) is 6.80. The maximum absolute atomic E-state index is 13.4. The number of nitriles is 1. The van der Waals surface area contributed by atoms with Crippen LogP contribution in [0.5, 0.6) is 17.2 Å². The van der Waals surface area contributed by atoms with Gasteiger partial charge in [0.25, 0.3) is 0 Å². The van der Waals surface area contributed by atoms with Crippen LogP contribution in [0.4, 0.5) is 5.69 Å². The van der Waals surface area contributed by atoms with Crippen molar-refractivity contribution in [3.05, 3.63) is 83.9 Å². The second-order valence-corrected chi connectivity index (χ2v) is 13.7. The van der Waals surface area contributed by atoms with Gasteiger partial charge in [-0.25, -0.2) is 0 Å². The maximum atomic E-state index is 13.4. The van der Waals surface area contributed by atoms with Gasteiger partial charge in [0.15, 0.2) is 0 Å². The summed E-state index contributed by atoms with van der Waals surface area (Å²) in [6.45, 7) is 0. The zero-order chi connectivity index (χ0) is 29.7. The molecule has 2 aliphatic rings. The van der Waals surface area contributed by atoms with Crippen LogP contribution < -0.4 is 9.50 Å². The van der Waals surface area contributed by atoms with Gasteiger partial charge in [-0.1, -0.05) is 18.2 Å². The standard InChI is InChI=1S/C31H30N2O7SSe/c32-19-42-16-3-1-2-7-28(36)33-22-12-8-21(9-13-22)30-29(20-10-14-23(34)15-11-20)26-18-27(31(30)39-26)41(37,38)40-25-6-4-5-24(35)17-25/h4-6,8-15,17,26-27,31,34-35H,1-3,7,16,18H2,(H,33,36). The summed E-state index contributed by atoms with van der Waals surface area (Å²) < 4.78 is 38.4. The number of phenols is 2. The van der Waals surface area contributed by atoms with Crippen LogP contribution in [0.2, 0.25) is 5.32 Å². The molecule has 2 heterocycles. The first-order valence-electron chi connectivity index (χ1n) is 13.6. The zero-order valence-electron chi connectivity index (χ0n) is 22.6. The van der Waals surface area contributed by atoms with Gasteiger partial charge in [0.05, 0.1) is 6.10 Å². The minimum absolute atomic E-state index is 0.0187. The summed E-state index contributed by atoms with van der Waals surface area (Å²) >= 11 is 0.0224.